The molecule has 0 aliphatic heterocycles. The molecule has 6 heteroatoms. The van der Waals surface area contributed by atoms with E-state index < -0.39 is 23.1 Å². The van der Waals surface area contributed by atoms with Gasteiger partial charge in [-0.3, -0.25) is 10.2 Å². The van der Waals surface area contributed by atoms with Crippen LogP contribution in [0.15, 0.2) is 0 Å². The average molecular weight is 243 g/mol. The van der Waals surface area contributed by atoms with Crippen molar-refractivity contribution in [3.8, 4) is 0 Å². The summed E-state index contributed by atoms with van der Waals surface area (Å²) in [7, 11) is 0. The molecular formula is C11H17NO5. The van der Waals surface area contributed by atoms with Crippen LogP contribution in [-0.4, -0.2) is 35.6 Å². The van der Waals surface area contributed by atoms with Crippen molar-refractivity contribution >= 4 is 23.9 Å². The van der Waals surface area contributed by atoms with Crippen LogP contribution in [0, 0.1) is 10.8 Å². The van der Waals surface area contributed by atoms with Crippen molar-refractivity contribution in [1.29, 1.82) is 5.41 Å². The second-order valence-electron chi connectivity index (χ2n) is 3.87. The van der Waals surface area contributed by atoms with E-state index in [0.29, 0.717) is 12.7 Å². The monoisotopic (exact) mass is 243 g/mol. The summed E-state index contributed by atoms with van der Waals surface area (Å²) in [5.74, 6) is -2.37. The molecule has 0 saturated heterocycles. The number of nitrogens with one attached hydrogen (secondary N) is 1. The molecule has 0 fully saturated rings. The number of esters is 1. The number of aliphatic carboxylic acids is 1. The van der Waals surface area contributed by atoms with Gasteiger partial charge in [0.1, 0.15) is 17.4 Å². The molecule has 96 valence electrons. The molecule has 0 rings (SSSR count). The van der Waals surface area contributed by atoms with Crippen molar-refractivity contribution in [2.24, 2.45) is 5.41 Å². The standard InChI is InChI=1S/C11H17NO5/c1-3-4-7-17-10(16)11(2,5-6-13)8(12)9(14)15/h6,12H,3-5,7H2,1-2H3,(H,14,15). The second-order valence-corrected chi connectivity index (χ2v) is 3.87. The summed E-state index contributed by atoms with van der Waals surface area (Å²) in [6.07, 6.45) is 1.53. The molecule has 0 aliphatic carbocycles. The van der Waals surface area contributed by atoms with Gasteiger partial charge < -0.3 is 14.6 Å². The largest absolute Gasteiger partial charge is 0.477 e. The number of ether oxygens (including phenoxy) is 1. The number of aldehydes is 1. The van der Waals surface area contributed by atoms with E-state index in [9.17, 15) is 14.4 Å². The zero-order chi connectivity index (χ0) is 13.5. The minimum absolute atomic E-state index is 0.163. The van der Waals surface area contributed by atoms with Crippen LogP contribution in [0.25, 0.3) is 0 Å². The maximum Gasteiger partial charge on any atom is 0.350 e. The van der Waals surface area contributed by atoms with E-state index in [1.807, 2.05) is 6.92 Å². The van der Waals surface area contributed by atoms with Gasteiger partial charge >= 0.3 is 11.9 Å². The molecule has 0 saturated carbocycles. The van der Waals surface area contributed by atoms with Gasteiger partial charge in [0.2, 0.25) is 0 Å². The summed E-state index contributed by atoms with van der Waals surface area (Å²) in [5.41, 5.74) is -2.53. The molecule has 0 aromatic carbocycles. The third-order valence-electron chi connectivity index (χ3n) is 2.44. The predicted molar refractivity (Wildman–Crippen MR) is 60.0 cm³/mol. The topological polar surface area (TPSA) is 105 Å². The maximum atomic E-state index is 11.7. The first kappa shape index (κ1) is 15.3. The molecule has 0 aromatic heterocycles. The average Bonchev–Trinajstić information content (AvgIpc) is 2.28. The minimum Gasteiger partial charge on any atom is -0.477 e. The normalized spacial score (nSPS) is 13.5. The molecule has 1 atom stereocenters. The van der Waals surface area contributed by atoms with E-state index in [2.05, 4.69) is 0 Å². The molecule has 0 amide bonds. The minimum atomic E-state index is -1.71. The molecule has 0 aromatic rings. The summed E-state index contributed by atoms with van der Waals surface area (Å²) in [6.45, 7) is 3.31. The zero-order valence-corrected chi connectivity index (χ0v) is 9.99. The zero-order valence-electron chi connectivity index (χ0n) is 9.99. The van der Waals surface area contributed by atoms with Crippen molar-refractivity contribution in [2.75, 3.05) is 6.61 Å². The Morgan fingerprint density at radius 1 is 1.47 bits per heavy atom. The van der Waals surface area contributed by atoms with Crippen LogP contribution in [0.3, 0.4) is 0 Å². The number of carboxylic acid groups (broad SMARTS) is 1. The van der Waals surface area contributed by atoms with Crippen molar-refractivity contribution in [3.63, 3.8) is 0 Å². The van der Waals surface area contributed by atoms with E-state index in [1.54, 1.807) is 0 Å². The Hall–Kier alpha value is -1.72. The van der Waals surface area contributed by atoms with Crippen LogP contribution in [0.5, 0.6) is 0 Å². The lowest BCUT2D eigenvalue weighted by molar-refractivity contribution is -0.153. The molecule has 0 spiro atoms. The van der Waals surface area contributed by atoms with Crippen molar-refractivity contribution in [2.45, 2.75) is 33.1 Å². The Balaban J connectivity index is 4.81. The first-order valence-electron chi connectivity index (χ1n) is 5.33. The summed E-state index contributed by atoms with van der Waals surface area (Å²) in [4.78, 5) is 32.9. The van der Waals surface area contributed by atoms with Gasteiger partial charge in [0.05, 0.1) is 6.61 Å². The molecule has 2 N–H and O–H groups in total. The molecule has 0 aliphatic rings. The number of unbranched alkanes of at least 4 members (excludes halogenated alkanes) is 1. The molecule has 0 radical (unpaired) electrons. The number of rotatable bonds is 8. The fourth-order valence-electron chi connectivity index (χ4n) is 1.16. The van der Waals surface area contributed by atoms with Gasteiger partial charge in [-0.15, -0.1) is 0 Å². The fourth-order valence-corrected chi connectivity index (χ4v) is 1.16. The van der Waals surface area contributed by atoms with E-state index in [0.717, 1.165) is 6.42 Å². The van der Waals surface area contributed by atoms with E-state index in [-0.39, 0.29) is 13.0 Å². The SMILES string of the molecule is CCCCOC(=O)C(C)(CC=O)C(=N)C(=O)O. The highest BCUT2D eigenvalue weighted by Gasteiger charge is 2.42. The lowest BCUT2D eigenvalue weighted by Crippen LogP contribution is -2.42. The predicted octanol–water partition coefficient (Wildman–Crippen LogP) is 1.03. The highest BCUT2D eigenvalue weighted by Crippen LogP contribution is 2.24. The van der Waals surface area contributed by atoms with Crippen LogP contribution in [0.1, 0.15) is 33.1 Å². The van der Waals surface area contributed by atoms with Gasteiger partial charge in [0.15, 0.2) is 0 Å². The van der Waals surface area contributed by atoms with Crippen LogP contribution >= 0.6 is 0 Å². The molecule has 0 bridgehead atoms. The van der Waals surface area contributed by atoms with E-state index >= 15 is 0 Å². The van der Waals surface area contributed by atoms with Gasteiger partial charge in [-0.25, -0.2) is 4.79 Å². The Bertz CT molecular complexity index is 326. The van der Waals surface area contributed by atoms with Crippen LogP contribution in [-0.2, 0) is 19.1 Å². The quantitative estimate of drug-likeness (QED) is 0.287. The van der Waals surface area contributed by atoms with Gasteiger partial charge in [-0.2, -0.15) is 0 Å². The van der Waals surface area contributed by atoms with E-state index in [1.165, 1.54) is 6.92 Å². The number of carboxylic acids is 1. The molecule has 6 nitrogen and oxygen atoms in total. The lowest BCUT2D eigenvalue weighted by atomic mass is 9.82. The molecule has 1 unspecified atom stereocenters. The van der Waals surface area contributed by atoms with Crippen LogP contribution in [0.4, 0.5) is 0 Å². The number of carbonyl (C=O) groups excluding carboxylic acids is 2. The number of hydrogen-bond donors (Lipinski definition) is 2. The fraction of sp³-hybridized carbons (Fsp3) is 0.636. The van der Waals surface area contributed by atoms with Crippen LogP contribution < -0.4 is 0 Å². The van der Waals surface area contributed by atoms with Crippen molar-refractivity contribution < 1.29 is 24.2 Å². The second kappa shape index (κ2) is 6.78. The van der Waals surface area contributed by atoms with Gasteiger partial charge in [0.25, 0.3) is 0 Å². The van der Waals surface area contributed by atoms with Crippen LogP contribution in [0.2, 0.25) is 0 Å². The smallest absolute Gasteiger partial charge is 0.350 e. The molecule has 17 heavy (non-hydrogen) atoms. The summed E-state index contributed by atoms with van der Waals surface area (Å²) in [6, 6.07) is 0. The summed E-state index contributed by atoms with van der Waals surface area (Å²) in [5, 5.41) is 16.1. The van der Waals surface area contributed by atoms with Crippen molar-refractivity contribution in [1.82, 2.24) is 0 Å². The highest BCUT2D eigenvalue weighted by atomic mass is 16.5. The summed E-state index contributed by atoms with van der Waals surface area (Å²) >= 11 is 0. The Labute approximate surface area is 99.5 Å². The van der Waals surface area contributed by atoms with Crippen molar-refractivity contribution in [3.05, 3.63) is 0 Å². The lowest BCUT2D eigenvalue weighted by Gasteiger charge is -2.23. The van der Waals surface area contributed by atoms with Gasteiger partial charge in [0, 0.05) is 6.42 Å². The molecular weight excluding hydrogens is 226 g/mol. The Kier molecular flexibility index (Phi) is 6.09. The third-order valence-corrected chi connectivity index (χ3v) is 2.44. The first-order valence-corrected chi connectivity index (χ1v) is 5.33. The maximum absolute atomic E-state index is 11.7. The van der Waals surface area contributed by atoms with E-state index in [4.69, 9.17) is 15.3 Å². The first-order chi connectivity index (χ1) is 7.90. The summed E-state index contributed by atoms with van der Waals surface area (Å²) < 4.78 is 4.87. The molecule has 0 heterocycles. The number of hydrogen-bond acceptors (Lipinski definition) is 5. The number of carbonyl (C=O) groups is 3. The third kappa shape index (κ3) is 3.97. The van der Waals surface area contributed by atoms with Gasteiger partial charge in [-0.1, -0.05) is 13.3 Å². The highest BCUT2D eigenvalue weighted by molar-refractivity contribution is 6.40. The Morgan fingerprint density at radius 2 is 2.06 bits per heavy atom. The Morgan fingerprint density at radius 3 is 2.47 bits per heavy atom. The van der Waals surface area contributed by atoms with Gasteiger partial charge in [-0.05, 0) is 13.3 Å².